The first kappa shape index (κ1) is 44.5. The van der Waals surface area contributed by atoms with Crippen LogP contribution in [-0.2, 0) is 38.3 Å². The number of hydrogen-bond donors (Lipinski definition) is 2. The van der Waals surface area contributed by atoms with E-state index < -0.39 is 0 Å². The first-order chi connectivity index (χ1) is 22.5. The normalized spacial score (nSPS) is 10.2. The number of unbranched alkanes of at least 4 members (excludes halogenated alkanes) is 18. The lowest BCUT2D eigenvalue weighted by atomic mass is 10.1. The number of hydrogen-bond acceptors (Lipinski definition) is 4. The molecule has 8 heteroatoms. The Morgan fingerprint density at radius 1 is 0.435 bits per heavy atom. The van der Waals surface area contributed by atoms with Gasteiger partial charge in [-0.1, -0.05) is 137 Å². The smallest absolute Gasteiger partial charge is 0.168 e. The molecule has 262 valence electrons. The van der Waals surface area contributed by atoms with E-state index in [0.29, 0.717) is 21.7 Å². The average Bonchev–Trinajstić information content (AvgIpc) is 3.06. The summed E-state index contributed by atoms with van der Waals surface area (Å²) in [6.45, 7) is 8.25. The van der Waals surface area contributed by atoms with Gasteiger partial charge in [-0.3, -0.25) is 0 Å². The van der Waals surface area contributed by atoms with Crippen molar-refractivity contribution >= 4 is 58.3 Å². The summed E-state index contributed by atoms with van der Waals surface area (Å²) in [7, 11) is 0. The molecule has 46 heavy (non-hydrogen) atoms. The number of nitrogens with zero attached hydrogens (tertiary/aromatic N) is 2. The van der Waals surface area contributed by atoms with E-state index in [0.717, 1.165) is 0 Å². The van der Waals surface area contributed by atoms with Crippen LogP contribution in [0.3, 0.4) is 0 Å². The van der Waals surface area contributed by atoms with E-state index in [1.807, 2.05) is 0 Å². The van der Waals surface area contributed by atoms with Gasteiger partial charge in [-0.25, -0.2) is 9.13 Å². The Hall–Kier alpha value is -1.48. The number of aromatic nitrogens is 2. The minimum Gasteiger partial charge on any atom is -0.412 e. The van der Waals surface area contributed by atoms with Crippen LogP contribution in [0.5, 0.6) is 0 Å². The zero-order chi connectivity index (χ0) is 33.8. The molecule has 0 saturated heterocycles. The highest BCUT2D eigenvalue weighted by Gasteiger charge is 1.99. The van der Waals surface area contributed by atoms with Gasteiger partial charge >= 0.3 is 0 Å². The molecule has 2 aromatic rings. The summed E-state index contributed by atoms with van der Waals surface area (Å²) in [5.41, 5.74) is 0. The zero-order valence-corrected chi connectivity index (χ0v) is 32.5. The van der Waals surface area contributed by atoms with Crippen molar-refractivity contribution in [3.8, 4) is 0 Å². The Bertz CT molecular complexity index is 840. The van der Waals surface area contributed by atoms with Gasteiger partial charge in [0.05, 0.1) is 0 Å². The molecule has 0 atom stereocenters. The lowest BCUT2D eigenvalue weighted by Gasteiger charge is -2.12. The number of thiocarbonyl (C=S) groups is 2. The van der Waals surface area contributed by atoms with Crippen LogP contribution in [-0.4, -0.2) is 21.7 Å². The van der Waals surface area contributed by atoms with E-state index in [9.17, 15) is 0 Å². The summed E-state index contributed by atoms with van der Waals surface area (Å²) in [5, 5.41) is 5.56. The Morgan fingerprint density at radius 3 is 0.957 bits per heavy atom. The van der Waals surface area contributed by atoms with Gasteiger partial charge in [0.1, 0.15) is 13.1 Å². The van der Waals surface area contributed by atoms with E-state index in [2.05, 4.69) is 144 Å². The molecule has 0 bridgehead atoms. The van der Waals surface area contributed by atoms with Gasteiger partial charge in [-0.05, 0) is 12.8 Å². The predicted molar refractivity (Wildman–Crippen MR) is 213 cm³/mol. The molecule has 0 aliphatic carbocycles. The summed E-state index contributed by atoms with van der Waals surface area (Å²) in [4.78, 5) is 0. The summed E-state index contributed by atoms with van der Waals surface area (Å²) < 4.78 is 5.31. The fraction of sp³-hybridized carbons (Fsp3) is 0.684. The highest BCUT2D eigenvalue weighted by molar-refractivity contribution is 8.00. The van der Waals surface area contributed by atoms with Gasteiger partial charge in [0.25, 0.3) is 0 Å². The Balaban J connectivity index is 0.000000691. The molecule has 2 heterocycles. The first-order valence-corrected chi connectivity index (χ1v) is 19.9. The third kappa shape index (κ3) is 35.4. The molecular weight excluding hydrogens is 641 g/mol. The Morgan fingerprint density at radius 2 is 0.696 bits per heavy atom. The van der Waals surface area contributed by atoms with Crippen LogP contribution in [0, 0.1) is 0 Å². The van der Waals surface area contributed by atoms with Crippen LogP contribution >= 0.6 is 24.4 Å². The van der Waals surface area contributed by atoms with Gasteiger partial charge in [0, 0.05) is 50.2 Å². The van der Waals surface area contributed by atoms with E-state index in [1.165, 1.54) is 142 Å². The molecule has 0 aliphatic rings. The minimum absolute atomic E-state index is 0.372. The maximum Gasteiger partial charge on any atom is 0.168 e. The molecule has 2 N–H and O–H groups in total. The molecule has 0 aliphatic heterocycles. The van der Waals surface area contributed by atoms with Crippen molar-refractivity contribution in [1.29, 1.82) is 0 Å². The molecule has 0 aromatic carbocycles. The highest BCUT2D eigenvalue weighted by Crippen LogP contribution is 2.11. The van der Waals surface area contributed by atoms with Crippen LogP contribution < -0.4 is 19.8 Å². The molecular formula is C38H66N4S4. The van der Waals surface area contributed by atoms with Crippen molar-refractivity contribution in [3.05, 3.63) is 61.2 Å². The lowest BCUT2D eigenvalue weighted by Crippen LogP contribution is -2.32. The monoisotopic (exact) mass is 706 g/mol. The quantitative estimate of drug-likeness (QED) is 0.0463. The third-order valence-corrected chi connectivity index (χ3v) is 8.34. The molecule has 0 spiro atoms. The van der Waals surface area contributed by atoms with Crippen molar-refractivity contribution in [2.45, 2.75) is 155 Å². The topological polar surface area (TPSA) is 31.8 Å². The number of aryl methyl sites for hydroxylation is 2. The second-order valence-electron chi connectivity index (χ2n) is 12.0. The largest absolute Gasteiger partial charge is 0.412 e. The third-order valence-electron chi connectivity index (χ3n) is 7.76. The SMILES string of the molecule is CCCCCCCCCCCC[n+]1ccccc1.CCCCCCCCCCCC[n+]1ccccc1.S=C([S-])NCCNC(=S)[S-]. The Labute approximate surface area is 306 Å². The molecule has 2 rings (SSSR count). The highest BCUT2D eigenvalue weighted by atomic mass is 32.1. The van der Waals surface area contributed by atoms with Gasteiger partial charge in [0.2, 0.25) is 0 Å². The van der Waals surface area contributed by atoms with Gasteiger partial charge in [-0.15, -0.1) is 0 Å². The summed E-state index contributed by atoms with van der Waals surface area (Å²) in [6.07, 6.45) is 36.9. The molecule has 0 saturated carbocycles. The Kier molecular flexibility index (Phi) is 35.2. The second kappa shape index (κ2) is 36.4. The van der Waals surface area contributed by atoms with E-state index >= 15 is 0 Å². The maximum absolute atomic E-state index is 4.59. The summed E-state index contributed by atoms with van der Waals surface area (Å²) in [6, 6.07) is 12.6. The van der Waals surface area contributed by atoms with Gasteiger partial charge in [0.15, 0.2) is 24.8 Å². The van der Waals surface area contributed by atoms with Crippen LogP contribution in [0.15, 0.2) is 61.2 Å². The molecule has 4 nitrogen and oxygen atoms in total. The predicted octanol–water partition coefficient (Wildman–Crippen LogP) is 9.62. The molecule has 2 aromatic heterocycles. The molecule has 0 unspecified atom stereocenters. The van der Waals surface area contributed by atoms with Crippen molar-refractivity contribution in [1.82, 2.24) is 10.6 Å². The molecule has 0 radical (unpaired) electrons. The van der Waals surface area contributed by atoms with Gasteiger partial charge < -0.3 is 60.3 Å². The van der Waals surface area contributed by atoms with Crippen molar-refractivity contribution in [2.75, 3.05) is 13.1 Å². The average molecular weight is 707 g/mol. The molecule has 0 amide bonds. The van der Waals surface area contributed by atoms with Crippen LogP contribution in [0.1, 0.15) is 142 Å². The van der Waals surface area contributed by atoms with E-state index in [1.54, 1.807) is 0 Å². The maximum atomic E-state index is 4.59. The number of pyridine rings is 2. The summed E-state index contributed by atoms with van der Waals surface area (Å²) in [5.74, 6) is 0. The fourth-order valence-corrected chi connectivity index (χ4v) is 5.47. The minimum atomic E-state index is 0.372. The lowest BCUT2D eigenvalue weighted by molar-refractivity contribution is -0.697. The van der Waals surface area contributed by atoms with E-state index in [-0.39, 0.29) is 0 Å². The van der Waals surface area contributed by atoms with Crippen LogP contribution in [0.4, 0.5) is 0 Å². The number of rotatable bonds is 25. The standard InChI is InChI=1S/2C17H30N.C4H8N2S4/c2*1-2-3-4-5-6-7-8-9-10-12-15-18-16-13-11-14-17-18;7-3(8)5-1-2-6-4(9)10/h2*11,13-14,16-17H,2-10,12,15H2,1H3;1-2H2,(H2,5,7,8)(H2,6,9,10)/q2*+1;/p-2. The van der Waals surface area contributed by atoms with Crippen molar-refractivity contribution < 1.29 is 9.13 Å². The number of nitrogens with one attached hydrogen (secondary N) is 2. The fourth-order valence-electron chi connectivity index (χ4n) is 5.06. The van der Waals surface area contributed by atoms with Crippen molar-refractivity contribution in [3.63, 3.8) is 0 Å². The first-order valence-electron chi connectivity index (χ1n) is 18.3. The van der Waals surface area contributed by atoms with Gasteiger partial charge in [-0.2, -0.15) is 0 Å². The van der Waals surface area contributed by atoms with Crippen molar-refractivity contribution in [2.24, 2.45) is 0 Å². The van der Waals surface area contributed by atoms with Crippen LogP contribution in [0.25, 0.3) is 0 Å². The molecule has 0 fully saturated rings. The van der Waals surface area contributed by atoms with E-state index in [4.69, 9.17) is 0 Å². The summed E-state index contributed by atoms with van der Waals surface area (Å²) >= 11 is 18.4. The second-order valence-corrected chi connectivity index (χ2v) is 14.2. The van der Waals surface area contributed by atoms with Crippen LogP contribution in [0.2, 0.25) is 0 Å². The zero-order valence-electron chi connectivity index (χ0n) is 29.3.